The number of benzene rings is 1. The molecule has 2 rings (SSSR count). The molecule has 1 fully saturated rings. The number of methoxy groups -OCH3 is 1. The van der Waals surface area contributed by atoms with Crippen LogP contribution in [-0.2, 0) is 10.9 Å². The minimum absolute atomic E-state index is 0.128. The van der Waals surface area contributed by atoms with E-state index >= 15 is 0 Å². The molecule has 2 N–H and O–H groups in total. The van der Waals surface area contributed by atoms with E-state index in [0.717, 1.165) is 25.3 Å². The van der Waals surface area contributed by atoms with Gasteiger partial charge in [0.2, 0.25) is 0 Å². The minimum atomic E-state index is -4.39. The normalized spacial score (nSPS) is 20.6. The van der Waals surface area contributed by atoms with Crippen LogP contribution in [0, 0.1) is 0 Å². The van der Waals surface area contributed by atoms with E-state index in [-0.39, 0.29) is 5.56 Å². The van der Waals surface area contributed by atoms with Crippen LogP contribution in [0.15, 0.2) is 24.3 Å². The van der Waals surface area contributed by atoms with Gasteiger partial charge in [-0.2, -0.15) is 13.2 Å². The topological polar surface area (TPSA) is 35.2 Å². The van der Waals surface area contributed by atoms with Gasteiger partial charge in [-0.05, 0) is 24.5 Å². The summed E-state index contributed by atoms with van der Waals surface area (Å²) >= 11 is 0. The predicted molar refractivity (Wildman–Crippen MR) is 71.2 cm³/mol. The molecule has 112 valence electrons. The van der Waals surface area contributed by atoms with Gasteiger partial charge in [-0.1, -0.05) is 37.5 Å². The van der Waals surface area contributed by atoms with Gasteiger partial charge in [-0.15, -0.1) is 0 Å². The highest BCUT2D eigenvalue weighted by atomic mass is 19.4. The molecule has 1 aromatic carbocycles. The molecular formula is C15H20F3NO. The second-order valence-electron chi connectivity index (χ2n) is 5.39. The van der Waals surface area contributed by atoms with Gasteiger partial charge in [0.1, 0.15) is 0 Å². The number of hydrogen-bond donors (Lipinski definition) is 1. The number of hydrogen-bond acceptors (Lipinski definition) is 2. The van der Waals surface area contributed by atoms with Gasteiger partial charge in [-0.3, -0.25) is 0 Å². The SMILES string of the molecule is COC1(C(N)c2ccccc2C(F)(F)F)CCCCC1. The van der Waals surface area contributed by atoms with Crippen molar-refractivity contribution in [1.82, 2.24) is 0 Å². The van der Waals surface area contributed by atoms with Crippen LogP contribution in [0.5, 0.6) is 0 Å². The highest BCUT2D eigenvalue weighted by Crippen LogP contribution is 2.43. The van der Waals surface area contributed by atoms with Crippen LogP contribution >= 0.6 is 0 Å². The third-order valence-corrected chi connectivity index (χ3v) is 4.27. The van der Waals surface area contributed by atoms with E-state index in [1.165, 1.54) is 12.1 Å². The average Bonchev–Trinajstić information content (AvgIpc) is 2.46. The van der Waals surface area contributed by atoms with Crippen molar-refractivity contribution in [3.8, 4) is 0 Å². The largest absolute Gasteiger partial charge is 0.416 e. The van der Waals surface area contributed by atoms with Gasteiger partial charge in [0, 0.05) is 7.11 Å². The third kappa shape index (κ3) is 2.83. The molecule has 1 unspecified atom stereocenters. The Morgan fingerprint density at radius 2 is 1.75 bits per heavy atom. The second-order valence-corrected chi connectivity index (χ2v) is 5.39. The maximum Gasteiger partial charge on any atom is 0.416 e. The van der Waals surface area contributed by atoms with Crippen LogP contribution in [0.25, 0.3) is 0 Å². The Morgan fingerprint density at radius 3 is 2.30 bits per heavy atom. The molecule has 0 spiro atoms. The van der Waals surface area contributed by atoms with E-state index in [9.17, 15) is 13.2 Å². The number of rotatable bonds is 3. The highest BCUT2D eigenvalue weighted by Gasteiger charge is 2.43. The zero-order chi connectivity index (χ0) is 14.8. The van der Waals surface area contributed by atoms with Gasteiger partial charge in [0.15, 0.2) is 0 Å². The molecule has 0 amide bonds. The Morgan fingerprint density at radius 1 is 1.15 bits per heavy atom. The van der Waals surface area contributed by atoms with Crippen molar-refractivity contribution in [2.75, 3.05) is 7.11 Å². The van der Waals surface area contributed by atoms with Crippen LogP contribution in [0.1, 0.15) is 49.3 Å². The zero-order valence-corrected chi connectivity index (χ0v) is 11.5. The monoisotopic (exact) mass is 287 g/mol. The van der Waals surface area contributed by atoms with Crippen molar-refractivity contribution in [2.45, 2.75) is 49.9 Å². The van der Waals surface area contributed by atoms with Crippen molar-refractivity contribution in [1.29, 1.82) is 0 Å². The van der Waals surface area contributed by atoms with Crippen molar-refractivity contribution in [3.63, 3.8) is 0 Å². The highest BCUT2D eigenvalue weighted by molar-refractivity contribution is 5.34. The summed E-state index contributed by atoms with van der Waals surface area (Å²) in [6.45, 7) is 0. The maximum atomic E-state index is 13.1. The molecule has 2 nitrogen and oxygen atoms in total. The lowest BCUT2D eigenvalue weighted by molar-refractivity contribution is -0.139. The van der Waals surface area contributed by atoms with Crippen LogP contribution < -0.4 is 5.73 Å². The van der Waals surface area contributed by atoms with E-state index in [4.69, 9.17) is 10.5 Å². The van der Waals surface area contributed by atoms with E-state index in [1.54, 1.807) is 13.2 Å². The van der Waals surface area contributed by atoms with E-state index in [1.807, 2.05) is 0 Å². The summed E-state index contributed by atoms with van der Waals surface area (Å²) in [5.41, 5.74) is 4.98. The number of ether oxygens (including phenoxy) is 1. The summed E-state index contributed by atoms with van der Waals surface area (Å²) < 4.78 is 44.9. The maximum absolute atomic E-state index is 13.1. The van der Waals surface area contributed by atoms with Gasteiger partial charge < -0.3 is 10.5 Å². The first kappa shape index (κ1) is 15.3. The molecule has 1 aromatic rings. The van der Waals surface area contributed by atoms with Crippen LogP contribution in [0.4, 0.5) is 13.2 Å². The molecule has 1 aliphatic carbocycles. The lowest BCUT2D eigenvalue weighted by Crippen LogP contribution is -2.45. The van der Waals surface area contributed by atoms with E-state index < -0.39 is 23.4 Å². The summed E-state index contributed by atoms with van der Waals surface area (Å²) in [5.74, 6) is 0. The molecule has 5 heteroatoms. The molecule has 0 heterocycles. The third-order valence-electron chi connectivity index (χ3n) is 4.27. The molecule has 0 aliphatic heterocycles. The number of nitrogens with two attached hydrogens (primary N) is 1. The Kier molecular flexibility index (Phi) is 4.39. The quantitative estimate of drug-likeness (QED) is 0.910. The van der Waals surface area contributed by atoms with Crippen molar-refractivity contribution in [2.24, 2.45) is 5.73 Å². The molecule has 1 saturated carbocycles. The molecular weight excluding hydrogens is 267 g/mol. The summed E-state index contributed by atoms with van der Waals surface area (Å²) in [6.07, 6.45) is -0.0181. The summed E-state index contributed by atoms with van der Waals surface area (Å²) in [5, 5.41) is 0. The van der Waals surface area contributed by atoms with Crippen LogP contribution in [0.2, 0.25) is 0 Å². The van der Waals surface area contributed by atoms with Crippen LogP contribution in [-0.4, -0.2) is 12.7 Å². The Labute approximate surface area is 117 Å². The molecule has 1 aliphatic rings. The Hall–Kier alpha value is -1.07. The first-order chi connectivity index (χ1) is 9.41. The average molecular weight is 287 g/mol. The fourth-order valence-corrected chi connectivity index (χ4v) is 3.10. The standard InChI is InChI=1S/C15H20F3NO/c1-20-14(9-5-2-6-10-14)13(19)11-7-3-4-8-12(11)15(16,17)18/h3-4,7-8,13H,2,5-6,9-10,19H2,1H3. The Bertz CT molecular complexity index is 453. The Balaban J connectivity index is 2.40. The number of halogens is 3. The predicted octanol–water partition coefficient (Wildman–Crippen LogP) is 4.05. The van der Waals surface area contributed by atoms with Gasteiger partial charge in [-0.25, -0.2) is 0 Å². The molecule has 0 aromatic heterocycles. The van der Waals surface area contributed by atoms with Gasteiger partial charge in [0.25, 0.3) is 0 Å². The first-order valence-electron chi connectivity index (χ1n) is 6.87. The van der Waals surface area contributed by atoms with Crippen molar-refractivity contribution in [3.05, 3.63) is 35.4 Å². The van der Waals surface area contributed by atoms with Crippen molar-refractivity contribution < 1.29 is 17.9 Å². The van der Waals surface area contributed by atoms with E-state index in [0.29, 0.717) is 12.8 Å². The number of alkyl halides is 3. The summed E-state index contributed by atoms with van der Waals surface area (Å²) in [6, 6.07) is 4.77. The van der Waals surface area contributed by atoms with Gasteiger partial charge >= 0.3 is 6.18 Å². The second kappa shape index (κ2) is 5.74. The zero-order valence-electron chi connectivity index (χ0n) is 11.5. The summed E-state index contributed by atoms with van der Waals surface area (Å²) in [7, 11) is 1.54. The molecule has 1 atom stereocenters. The smallest absolute Gasteiger partial charge is 0.376 e. The molecule has 0 bridgehead atoms. The fourth-order valence-electron chi connectivity index (χ4n) is 3.10. The minimum Gasteiger partial charge on any atom is -0.376 e. The van der Waals surface area contributed by atoms with E-state index in [2.05, 4.69) is 0 Å². The molecule has 0 saturated heterocycles. The lowest BCUT2D eigenvalue weighted by atomic mass is 9.76. The fraction of sp³-hybridized carbons (Fsp3) is 0.600. The first-order valence-corrected chi connectivity index (χ1v) is 6.87. The van der Waals surface area contributed by atoms with Gasteiger partial charge in [0.05, 0.1) is 17.2 Å². The molecule has 20 heavy (non-hydrogen) atoms. The molecule has 0 radical (unpaired) electrons. The summed E-state index contributed by atoms with van der Waals surface area (Å²) in [4.78, 5) is 0. The lowest BCUT2D eigenvalue weighted by Gasteiger charge is -2.41. The van der Waals surface area contributed by atoms with Crippen molar-refractivity contribution >= 4 is 0 Å². The van der Waals surface area contributed by atoms with Crippen LogP contribution in [0.3, 0.4) is 0 Å².